The minimum absolute atomic E-state index is 0.0964. The lowest BCUT2D eigenvalue weighted by atomic mass is 9.49. The number of hydrogen-bond donors (Lipinski definition) is 2. The molecule has 1 heterocycles. The van der Waals surface area contributed by atoms with Crippen LogP contribution in [0.2, 0.25) is 0 Å². The molecule has 4 fully saturated rings. The highest BCUT2D eigenvalue weighted by molar-refractivity contribution is 5.93. The molecular weight excluding hydrogens is 413 g/mol. The number of fused-ring (bicyclic) bond motifs is 1. The average Bonchev–Trinajstić information content (AvgIpc) is 3.19. The Labute approximate surface area is 194 Å². The largest absolute Gasteiger partial charge is 0.347 e. The zero-order valence-electron chi connectivity index (χ0n) is 19.0. The normalized spacial score (nSPS) is 27.7. The van der Waals surface area contributed by atoms with E-state index in [1.807, 2.05) is 24.3 Å². The molecule has 0 atom stereocenters. The quantitative estimate of drug-likeness (QED) is 0.456. The molecule has 0 saturated heterocycles. The van der Waals surface area contributed by atoms with E-state index in [0.717, 1.165) is 59.4 Å². The van der Waals surface area contributed by atoms with E-state index in [-0.39, 0.29) is 11.8 Å². The van der Waals surface area contributed by atoms with Crippen LogP contribution in [-0.2, 0) is 13.0 Å². The standard InChI is InChI=1S/C28H32FN3O/c29-24-3-1-19(2-4-24)7-9-32-10-8-23-14-25(5-6-26(23)32)31-27(33)30-18-28-15-20-11-21(16-28)13-22(12-20)17-28/h1-6,8,10,14,20-22H,7,9,11-13,15-18H2,(H2,30,31,33). The Bertz CT molecular complexity index is 1130. The maximum Gasteiger partial charge on any atom is 0.319 e. The number of amides is 2. The van der Waals surface area contributed by atoms with Gasteiger partial charge in [0, 0.05) is 35.9 Å². The molecule has 4 nitrogen and oxygen atoms in total. The highest BCUT2D eigenvalue weighted by Gasteiger charge is 2.50. The summed E-state index contributed by atoms with van der Waals surface area (Å²) in [6.07, 6.45) is 11.1. The maximum absolute atomic E-state index is 13.1. The van der Waals surface area contributed by atoms with E-state index >= 15 is 0 Å². The minimum Gasteiger partial charge on any atom is -0.347 e. The molecule has 7 rings (SSSR count). The topological polar surface area (TPSA) is 46.1 Å². The summed E-state index contributed by atoms with van der Waals surface area (Å²) in [4.78, 5) is 12.7. The fourth-order valence-corrected chi connectivity index (χ4v) is 7.32. The lowest BCUT2D eigenvalue weighted by Crippen LogP contribution is -2.51. The van der Waals surface area contributed by atoms with Crippen LogP contribution in [0.4, 0.5) is 14.9 Å². The summed E-state index contributed by atoms with van der Waals surface area (Å²) in [7, 11) is 0. The molecule has 4 saturated carbocycles. The number of halogens is 1. The van der Waals surface area contributed by atoms with Gasteiger partial charge in [0.25, 0.3) is 0 Å². The predicted molar refractivity (Wildman–Crippen MR) is 130 cm³/mol. The molecule has 2 amide bonds. The van der Waals surface area contributed by atoms with Gasteiger partial charge in [-0.25, -0.2) is 9.18 Å². The van der Waals surface area contributed by atoms with Crippen LogP contribution >= 0.6 is 0 Å². The molecule has 0 radical (unpaired) electrons. The first-order chi connectivity index (χ1) is 16.0. The van der Waals surface area contributed by atoms with Crippen LogP contribution in [0.5, 0.6) is 0 Å². The molecule has 33 heavy (non-hydrogen) atoms. The zero-order chi connectivity index (χ0) is 22.4. The Morgan fingerprint density at radius 1 is 0.970 bits per heavy atom. The maximum atomic E-state index is 13.1. The van der Waals surface area contributed by atoms with Crippen LogP contribution < -0.4 is 10.6 Å². The van der Waals surface area contributed by atoms with Gasteiger partial charge in [0.2, 0.25) is 0 Å². The van der Waals surface area contributed by atoms with E-state index in [1.165, 1.54) is 50.7 Å². The fourth-order valence-electron chi connectivity index (χ4n) is 7.32. The molecule has 5 heteroatoms. The number of carbonyl (C=O) groups is 1. The number of benzene rings is 2. The molecule has 3 aromatic rings. The molecule has 4 bridgehead atoms. The molecule has 4 aliphatic carbocycles. The monoisotopic (exact) mass is 445 g/mol. The Hall–Kier alpha value is -2.82. The van der Waals surface area contributed by atoms with Crippen LogP contribution in [0.15, 0.2) is 54.7 Å². The van der Waals surface area contributed by atoms with Crippen LogP contribution in [0.1, 0.15) is 44.1 Å². The number of aromatic nitrogens is 1. The molecule has 2 aromatic carbocycles. The third-order valence-electron chi connectivity index (χ3n) is 8.37. The predicted octanol–water partition coefficient (Wildman–Crippen LogP) is 6.36. The smallest absolute Gasteiger partial charge is 0.319 e. The van der Waals surface area contributed by atoms with E-state index in [2.05, 4.69) is 33.5 Å². The molecule has 0 spiro atoms. The fraction of sp³-hybridized carbons (Fsp3) is 0.464. The van der Waals surface area contributed by atoms with E-state index in [9.17, 15) is 9.18 Å². The highest BCUT2D eigenvalue weighted by Crippen LogP contribution is 2.59. The second-order valence-corrected chi connectivity index (χ2v) is 10.9. The van der Waals surface area contributed by atoms with Crippen molar-refractivity contribution in [1.29, 1.82) is 0 Å². The van der Waals surface area contributed by atoms with Crippen LogP contribution in [-0.4, -0.2) is 17.1 Å². The number of rotatable bonds is 6. The zero-order valence-corrected chi connectivity index (χ0v) is 19.0. The van der Waals surface area contributed by atoms with Gasteiger partial charge in [-0.3, -0.25) is 0 Å². The second kappa shape index (κ2) is 8.19. The highest BCUT2D eigenvalue weighted by atomic mass is 19.1. The Balaban J connectivity index is 1.06. The van der Waals surface area contributed by atoms with Crippen molar-refractivity contribution < 1.29 is 9.18 Å². The first-order valence-electron chi connectivity index (χ1n) is 12.4. The lowest BCUT2D eigenvalue weighted by molar-refractivity contribution is -0.0496. The summed E-state index contributed by atoms with van der Waals surface area (Å²) >= 11 is 0. The van der Waals surface area contributed by atoms with E-state index in [1.54, 1.807) is 0 Å². The average molecular weight is 446 g/mol. The van der Waals surface area contributed by atoms with Gasteiger partial charge in [0.05, 0.1) is 0 Å². The van der Waals surface area contributed by atoms with Gasteiger partial charge in [-0.05, 0) is 110 Å². The summed E-state index contributed by atoms with van der Waals surface area (Å²) in [6.45, 7) is 1.64. The van der Waals surface area contributed by atoms with E-state index < -0.39 is 0 Å². The van der Waals surface area contributed by atoms with Gasteiger partial charge in [-0.15, -0.1) is 0 Å². The van der Waals surface area contributed by atoms with Crippen LogP contribution in [0.3, 0.4) is 0 Å². The lowest BCUT2D eigenvalue weighted by Gasteiger charge is -2.56. The van der Waals surface area contributed by atoms with Crippen molar-refractivity contribution >= 4 is 22.6 Å². The molecule has 0 unspecified atom stereocenters. The number of anilines is 1. The number of carbonyl (C=O) groups excluding carboxylic acids is 1. The van der Waals surface area contributed by atoms with Crippen molar-refractivity contribution in [3.05, 3.63) is 66.1 Å². The van der Waals surface area contributed by atoms with Gasteiger partial charge >= 0.3 is 6.03 Å². The van der Waals surface area contributed by atoms with Crippen LogP contribution in [0.25, 0.3) is 10.9 Å². The van der Waals surface area contributed by atoms with Crippen LogP contribution in [0, 0.1) is 29.0 Å². The molecule has 4 aliphatic rings. The first-order valence-corrected chi connectivity index (χ1v) is 12.4. The van der Waals surface area contributed by atoms with Crippen molar-refractivity contribution in [2.24, 2.45) is 23.2 Å². The molecular formula is C28H32FN3O. The summed E-state index contributed by atoms with van der Waals surface area (Å²) in [6, 6.07) is 14.8. The Morgan fingerprint density at radius 2 is 1.67 bits per heavy atom. The van der Waals surface area contributed by atoms with Crippen molar-refractivity contribution in [3.63, 3.8) is 0 Å². The number of hydrogen-bond acceptors (Lipinski definition) is 1. The third-order valence-corrected chi connectivity index (χ3v) is 8.37. The molecule has 2 N–H and O–H groups in total. The van der Waals surface area contributed by atoms with E-state index in [4.69, 9.17) is 0 Å². The van der Waals surface area contributed by atoms with Crippen molar-refractivity contribution in [1.82, 2.24) is 9.88 Å². The number of urea groups is 1. The minimum atomic E-state index is -0.202. The van der Waals surface area contributed by atoms with Gasteiger partial charge in [-0.1, -0.05) is 12.1 Å². The molecule has 172 valence electrons. The summed E-state index contributed by atoms with van der Waals surface area (Å²) in [5.41, 5.74) is 3.42. The van der Waals surface area contributed by atoms with Gasteiger partial charge in [0.15, 0.2) is 0 Å². The summed E-state index contributed by atoms with van der Waals surface area (Å²) in [5.74, 6) is 2.49. The van der Waals surface area contributed by atoms with Gasteiger partial charge < -0.3 is 15.2 Å². The first kappa shape index (κ1) is 20.8. The third kappa shape index (κ3) is 4.25. The number of nitrogens with one attached hydrogen (secondary N) is 2. The van der Waals surface area contributed by atoms with Gasteiger partial charge in [-0.2, -0.15) is 0 Å². The Morgan fingerprint density at radius 3 is 2.36 bits per heavy atom. The Kier molecular flexibility index (Phi) is 5.16. The molecule has 0 aliphatic heterocycles. The van der Waals surface area contributed by atoms with Gasteiger partial charge in [0.1, 0.15) is 5.82 Å². The van der Waals surface area contributed by atoms with Crippen molar-refractivity contribution in [2.45, 2.75) is 51.5 Å². The number of aryl methyl sites for hydroxylation is 2. The molecule has 1 aromatic heterocycles. The number of nitrogens with zero attached hydrogens (tertiary/aromatic N) is 1. The summed E-state index contributed by atoms with van der Waals surface area (Å²) in [5, 5.41) is 7.35. The second-order valence-electron chi connectivity index (χ2n) is 10.9. The SMILES string of the molecule is O=C(NCC12CC3CC(CC(C3)C1)C2)Nc1ccc2c(ccn2CCc2ccc(F)cc2)c1. The van der Waals surface area contributed by atoms with Crippen molar-refractivity contribution in [3.8, 4) is 0 Å². The van der Waals surface area contributed by atoms with Crippen molar-refractivity contribution in [2.75, 3.05) is 11.9 Å². The van der Waals surface area contributed by atoms with E-state index in [0.29, 0.717) is 5.41 Å². The summed E-state index contributed by atoms with van der Waals surface area (Å²) < 4.78 is 15.3.